The minimum Gasteiger partial charge on any atom is -0.311 e. The molecule has 2 unspecified atom stereocenters. The van der Waals surface area contributed by atoms with Gasteiger partial charge in [0.25, 0.3) is 0 Å². The average Bonchev–Trinajstić information content (AvgIpc) is 2.75. The molecule has 1 heterocycles. The fraction of sp³-hybridized carbons (Fsp3) is 0.538. The quantitative estimate of drug-likeness (QED) is 0.865. The molecule has 0 fully saturated rings. The first-order chi connectivity index (χ1) is 7.72. The Morgan fingerprint density at radius 1 is 1.50 bits per heavy atom. The van der Waals surface area contributed by atoms with Crippen LogP contribution >= 0.6 is 11.8 Å². The van der Waals surface area contributed by atoms with E-state index in [1.165, 1.54) is 10.5 Å². The van der Waals surface area contributed by atoms with Crippen molar-refractivity contribution in [2.24, 2.45) is 0 Å². The van der Waals surface area contributed by atoms with Gasteiger partial charge in [0.1, 0.15) is 6.17 Å². The van der Waals surface area contributed by atoms with Crippen molar-refractivity contribution in [3.63, 3.8) is 0 Å². The van der Waals surface area contributed by atoms with Crippen LogP contribution in [-0.4, -0.2) is 18.3 Å². The molecule has 2 atom stereocenters. The second kappa shape index (κ2) is 5.19. The van der Waals surface area contributed by atoms with Gasteiger partial charge in [-0.15, -0.1) is 11.8 Å². The topological polar surface area (TPSA) is 12.0 Å². The first kappa shape index (κ1) is 11.9. The third kappa shape index (κ3) is 2.41. The second-order valence-electron chi connectivity index (χ2n) is 4.21. The predicted octanol–water partition coefficient (Wildman–Crippen LogP) is 3.34. The van der Waals surface area contributed by atoms with Gasteiger partial charge in [0.05, 0.1) is 0 Å². The number of fused-ring (bicyclic) bond motifs is 1. The number of halogens is 1. The van der Waals surface area contributed by atoms with Crippen LogP contribution in [-0.2, 0) is 6.42 Å². The molecule has 0 saturated carbocycles. The Morgan fingerprint density at radius 2 is 2.31 bits per heavy atom. The number of alkyl halides is 1. The van der Waals surface area contributed by atoms with Gasteiger partial charge >= 0.3 is 0 Å². The molecule has 0 aromatic heterocycles. The minimum atomic E-state index is -0.907. The highest BCUT2D eigenvalue weighted by Crippen LogP contribution is 2.34. The Morgan fingerprint density at radius 3 is 3.06 bits per heavy atom. The van der Waals surface area contributed by atoms with Crippen LogP contribution < -0.4 is 5.32 Å². The lowest BCUT2D eigenvalue weighted by atomic mass is 10.0. The summed E-state index contributed by atoms with van der Waals surface area (Å²) in [4.78, 5) is 1.33. The highest BCUT2D eigenvalue weighted by Gasteiger charge is 2.20. The standard InChI is InChI=1S/C13H18FNS/c1-3-15-9(2)13(14)11-4-5-12-10(8-11)6-7-16-12/h4-5,8-9,13,15H,3,6-7H2,1-2H3. The van der Waals surface area contributed by atoms with Crippen molar-refractivity contribution in [1.29, 1.82) is 0 Å². The second-order valence-corrected chi connectivity index (χ2v) is 5.35. The molecule has 1 N–H and O–H groups in total. The van der Waals surface area contributed by atoms with Crippen molar-refractivity contribution in [2.75, 3.05) is 12.3 Å². The summed E-state index contributed by atoms with van der Waals surface area (Å²) in [6, 6.07) is 5.91. The van der Waals surface area contributed by atoms with Gasteiger partial charge in [0.15, 0.2) is 0 Å². The molecule has 1 aromatic carbocycles. The van der Waals surface area contributed by atoms with E-state index in [-0.39, 0.29) is 6.04 Å². The molecule has 0 spiro atoms. The summed E-state index contributed by atoms with van der Waals surface area (Å²) in [5, 5.41) is 3.13. The van der Waals surface area contributed by atoms with Crippen LogP contribution in [0.1, 0.15) is 31.1 Å². The molecular formula is C13H18FNS. The summed E-state index contributed by atoms with van der Waals surface area (Å²) in [5.74, 6) is 1.14. The number of thioether (sulfide) groups is 1. The molecule has 2 rings (SSSR count). The van der Waals surface area contributed by atoms with Crippen LogP contribution in [0, 0.1) is 0 Å². The van der Waals surface area contributed by atoms with Crippen LogP contribution in [0.2, 0.25) is 0 Å². The number of likely N-dealkylation sites (N-methyl/N-ethyl adjacent to an activating group) is 1. The average molecular weight is 239 g/mol. The Balaban J connectivity index is 2.14. The Kier molecular flexibility index (Phi) is 3.87. The van der Waals surface area contributed by atoms with Gasteiger partial charge in [-0.3, -0.25) is 0 Å². The van der Waals surface area contributed by atoms with Crippen molar-refractivity contribution in [3.8, 4) is 0 Å². The monoisotopic (exact) mass is 239 g/mol. The predicted molar refractivity (Wildman–Crippen MR) is 67.9 cm³/mol. The normalized spacial score (nSPS) is 18.2. The van der Waals surface area contributed by atoms with E-state index in [0.29, 0.717) is 0 Å². The first-order valence-corrected chi connectivity index (χ1v) is 6.84. The fourth-order valence-corrected chi connectivity index (χ4v) is 3.14. The first-order valence-electron chi connectivity index (χ1n) is 5.85. The smallest absolute Gasteiger partial charge is 0.140 e. The summed E-state index contributed by atoms with van der Waals surface area (Å²) >= 11 is 1.87. The Hall–Kier alpha value is -0.540. The molecule has 3 heteroatoms. The maximum Gasteiger partial charge on any atom is 0.140 e. The number of hydrogen-bond acceptors (Lipinski definition) is 2. The third-order valence-corrected chi connectivity index (χ3v) is 4.11. The van der Waals surface area contributed by atoms with Gasteiger partial charge in [0, 0.05) is 16.7 Å². The fourth-order valence-electron chi connectivity index (χ4n) is 2.09. The summed E-state index contributed by atoms with van der Waals surface area (Å²) < 4.78 is 14.1. The number of aryl methyl sites for hydroxylation is 1. The zero-order chi connectivity index (χ0) is 11.5. The summed E-state index contributed by atoms with van der Waals surface area (Å²) in [5.41, 5.74) is 2.13. The van der Waals surface area contributed by atoms with E-state index >= 15 is 0 Å². The van der Waals surface area contributed by atoms with Gasteiger partial charge in [0.2, 0.25) is 0 Å². The number of nitrogens with one attached hydrogen (secondary N) is 1. The maximum atomic E-state index is 14.1. The third-order valence-electron chi connectivity index (χ3n) is 3.00. The van der Waals surface area contributed by atoms with Crippen LogP contribution in [0.3, 0.4) is 0 Å². The largest absolute Gasteiger partial charge is 0.311 e. The van der Waals surface area contributed by atoms with E-state index in [2.05, 4.69) is 11.4 Å². The van der Waals surface area contributed by atoms with Crippen molar-refractivity contribution in [1.82, 2.24) is 5.32 Å². The molecular weight excluding hydrogens is 221 g/mol. The molecule has 1 nitrogen and oxygen atoms in total. The number of benzene rings is 1. The van der Waals surface area contributed by atoms with Crippen LogP contribution in [0.25, 0.3) is 0 Å². The van der Waals surface area contributed by atoms with E-state index < -0.39 is 6.17 Å². The Labute approximate surface area is 101 Å². The lowest BCUT2D eigenvalue weighted by Gasteiger charge is -2.18. The molecule has 1 aliphatic rings. The SMILES string of the molecule is CCNC(C)C(F)c1ccc2c(c1)CCS2. The summed E-state index contributed by atoms with van der Waals surface area (Å²) in [6.07, 6.45) is 0.173. The van der Waals surface area contributed by atoms with Crippen molar-refractivity contribution >= 4 is 11.8 Å². The molecule has 88 valence electrons. The van der Waals surface area contributed by atoms with Gasteiger partial charge in [-0.1, -0.05) is 19.1 Å². The van der Waals surface area contributed by atoms with Crippen molar-refractivity contribution in [3.05, 3.63) is 29.3 Å². The summed E-state index contributed by atoms with van der Waals surface area (Å²) in [6.45, 7) is 4.71. The van der Waals surface area contributed by atoms with E-state index in [1.54, 1.807) is 0 Å². The van der Waals surface area contributed by atoms with Crippen molar-refractivity contribution in [2.45, 2.75) is 37.4 Å². The molecule has 0 saturated heterocycles. The van der Waals surface area contributed by atoms with E-state index in [9.17, 15) is 4.39 Å². The number of hydrogen-bond donors (Lipinski definition) is 1. The molecule has 1 aromatic rings. The molecule has 16 heavy (non-hydrogen) atoms. The lowest BCUT2D eigenvalue weighted by Crippen LogP contribution is -2.30. The van der Waals surface area contributed by atoms with E-state index in [0.717, 1.165) is 24.3 Å². The number of rotatable bonds is 4. The Bertz CT molecular complexity index is 367. The highest BCUT2D eigenvalue weighted by molar-refractivity contribution is 7.99. The summed E-state index contributed by atoms with van der Waals surface area (Å²) in [7, 11) is 0. The molecule has 0 amide bonds. The van der Waals surface area contributed by atoms with Crippen LogP contribution in [0.4, 0.5) is 4.39 Å². The van der Waals surface area contributed by atoms with E-state index in [1.807, 2.05) is 37.7 Å². The van der Waals surface area contributed by atoms with Crippen LogP contribution in [0.5, 0.6) is 0 Å². The lowest BCUT2D eigenvalue weighted by molar-refractivity contribution is 0.268. The highest BCUT2D eigenvalue weighted by atomic mass is 32.2. The maximum absolute atomic E-state index is 14.1. The van der Waals surface area contributed by atoms with Crippen molar-refractivity contribution < 1.29 is 4.39 Å². The van der Waals surface area contributed by atoms with Crippen LogP contribution in [0.15, 0.2) is 23.1 Å². The molecule has 0 bridgehead atoms. The molecule has 0 radical (unpaired) electrons. The van der Waals surface area contributed by atoms with Gasteiger partial charge in [-0.2, -0.15) is 0 Å². The molecule has 1 aliphatic heterocycles. The van der Waals surface area contributed by atoms with E-state index in [4.69, 9.17) is 0 Å². The van der Waals surface area contributed by atoms with Gasteiger partial charge in [-0.05, 0) is 37.1 Å². The van der Waals surface area contributed by atoms with Gasteiger partial charge < -0.3 is 5.32 Å². The molecule has 0 aliphatic carbocycles. The zero-order valence-corrected chi connectivity index (χ0v) is 10.6. The van der Waals surface area contributed by atoms with Gasteiger partial charge in [-0.25, -0.2) is 4.39 Å². The zero-order valence-electron chi connectivity index (χ0n) is 9.79. The minimum absolute atomic E-state index is 0.114.